The van der Waals surface area contributed by atoms with Crippen LogP contribution in [0.5, 0.6) is 0 Å². The fraction of sp³-hybridized carbons (Fsp3) is 1.00. The van der Waals surface area contributed by atoms with Crippen molar-refractivity contribution in [2.24, 2.45) is 0 Å². The Hall–Kier alpha value is -0.120. The van der Waals surface area contributed by atoms with Crippen molar-refractivity contribution in [2.45, 2.75) is 44.9 Å². The van der Waals surface area contributed by atoms with Crippen LogP contribution in [0, 0.1) is 0 Å². The highest BCUT2D eigenvalue weighted by atomic mass is 16.5. The van der Waals surface area contributed by atoms with Gasteiger partial charge in [-0.3, -0.25) is 0 Å². The maximum Gasteiger partial charge on any atom is 0.0667 e. The molecule has 1 aliphatic rings. The van der Waals surface area contributed by atoms with E-state index >= 15 is 0 Å². The molecule has 1 unspecified atom stereocenters. The Bertz CT molecular complexity index is 135. The molecule has 1 fully saturated rings. The van der Waals surface area contributed by atoms with Crippen LogP contribution in [0.15, 0.2) is 0 Å². The molecule has 1 rings (SSSR count). The van der Waals surface area contributed by atoms with Gasteiger partial charge in [-0.2, -0.15) is 0 Å². The van der Waals surface area contributed by atoms with Gasteiger partial charge in [0.2, 0.25) is 0 Å². The topological polar surface area (TPSA) is 30.5 Å². The van der Waals surface area contributed by atoms with Crippen LogP contribution in [0.3, 0.4) is 0 Å². The minimum atomic E-state index is 0.311. The van der Waals surface area contributed by atoms with Crippen LogP contribution >= 0.6 is 0 Å². The largest absolute Gasteiger partial charge is 0.380 e. The number of ether oxygens (including phenoxy) is 2. The Morgan fingerprint density at radius 1 is 1.46 bits per heavy atom. The molecule has 78 valence electrons. The van der Waals surface area contributed by atoms with Gasteiger partial charge in [0.1, 0.15) is 0 Å². The third kappa shape index (κ3) is 3.63. The maximum absolute atomic E-state index is 5.47. The minimum absolute atomic E-state index is 0.311. The zero-order valence-corrected chi connectivity index (χ0v) is 8.88. The van der Waals surface area contributed by atoms with Gasteiger partial charge in [0.15, 0.2) is 0 Å². The van der Waals surface area contributed by atoms with Crippen molar-refractivity contribution < 1.29 is 9.47 Å². The second-order valence-electron chi connectivity index (χ2n) is 3.70. The Balaban J connectivity index is 1.95. The van der Waals surface area contributed by atoms with Crippen LogP contribution < -0.4 is 5.32 Å². The van der Waals surface area contributed by atoms with E-state index in [-0.39, 0.29) is 0 Å². The summed E-state index contributed by atoms with van der Waals surface area (Å²) >= 11 is 0. The highest BCUT2D eigenvalue weighted by Gasteiger charge is 2.28. The van der Waals surface area contributed by atoms with E-state index in [2.05, 4.69) is 12.2 Å². The van der Waals surface area contributed by atoms with Crippen molar-refractivity contribution >= 4 is 0 Å². The number of hydrogen-bond acceptors (Lipinski definition) is 3. The van der Waals surface area contributed by atoms with Crippen LogP contribution in [0.4, 0.5) is 0 Å². The summed E-state index contributed by atoms with van der Waals surface area (Å²) in [6.45, 7) is 5.91. The van der Waals surface area contributed by atoms with Gasteiger partial charge in [0.25, 0.3) is 0 Å². The molecule has 0 heterocycles. The van der Waals surface area contributed by atoms with Crippen LogP contribution in [0.1, 0.15) is 26.7 Å². The first-order valence-electron chi connectivity index (χ1n) is 5.14. The molecule has 0 bridgehead atoms. The number of methoxy groups -OCH3 is 1. The molecule has 0 radical (unpaired) electrons. The van der Waals surface area contributed by atoms with E-state index in [1.54, 1.807) is 7.11 Å². The SMILES string of the molecule is CCOC1CC(NCC(C)OC)C1. The molecule has 1 atom stereocenters. The average Bonchev–Trinajstić information content (AvgIpc) is 2.08. The summed E-state index contributed by atoms with van der Waals surface area (Å²) in [4.78, 5) is 0. The molecule has 0 aromatic heterocycles. The number of rotatable bonds is 6. The van der Waals surface area contributed by atoms with Crippen molar-refractivity contribution in [3.8, 4) is 0 Å². The molecule has 1 saturated carbocycles. The second kappa shape index (κ2) is 5.58. The molecule has 13 heavy (non-hydrogen) atoms. The smallest absolute Gasteiger partial charge is 0.0667 e. The summed E-state index contributed by atoms with van der Waals surface area (Å²) < 4.78 is 10.6. The molecule has 3 nitrogen and oxygen atoms in total. The highest BCUT2D eigenvalue weighted by Crippen LogP contribution is 2.22. The van der Waals surface area contributed by atoms with Crippen molar-refractivity contribution in [3.05, 3.63) is 0 Å². The lowest BCUT2D eigenvalue weighted by Crippen LogP contribution is -2.47. The normalized spacial score (nSPS) is 29.8. The molecule has 0 aromatic rings. The van der Waals surface area contributed by atoms with Crippen LogP contribution in [0.2, 0.25) is 0 Å². The molecule has 3 heteroatoms. The number of hydrogen-bond donors (Lipinski definition) is 1. The van der Waals surface area contributed by atoms with Crippen LogP contribution in [-0.4, -0.2) is 38.5 Å². The van der Waals surface area contributed by atoms with E-state index < -0.39 is 0 Å². The van der Waals surface area contributed by atoms with Crippen molar-refractivity contribution in [3.63, 3.8) is 0 Å². The second-order valence-corrected chi connectivity index (χ2v) is 3.70. The summed E-state index contributed by atoms with van der Waals surface area (Å²) in [5.41, 5.74) is 0. The molecule has 0 aromatic carbocycles. The summed E-state index contributed by atoms with van der Waals surface area (Å²) in [6, 6.07) is 0.647. The van der Waals surface area contributed by atoms with Crippen LogP contribution in [0.25, 0.3) is 0 Å². The predicted octanol–water partition coefficient (Wildman–Crippen LogP) is 1.18. The highest BCUT2D eigenvalue weighted by molar-refractivity contribution is 4.86. The summed E-state index contributed by atoms with van der Waals surface area (Å²) in [5.74, 6) is 0. The zero-order valence-electron chi connectivity index (χ0n) is 8.88. The van der Waals surface area contributed by atoms with E-state index in [0.717, 1.165) is 26.0 Å². The molecule has 0 saturated heterocycles. The fourth-order valence-corrected chi connectivity index (χ4v) is 1.52. The Labute approximate surface area is 80.8 Å². The van der Waals surface area contributed by atoms with Crippen molar-refractivity contribution in [2.75, 3.05) is 20.3 Å². The van der Waals surface area contributed by atoms with Crippen molar-refractivity contribution in [1.29, 1.82) is 0 Å². The van der Waals surface area contributed by atoms with Gasteiger partial charge in [-0.25, -0.2) is 0 Å². The van der Waals surface area contributed by atoms with Crippen molar-refractivity contribution in [1.82, 2.24) is 5.32 Å². The molecule has 1 N–H and O–H groups in total. The van der Waals surface area contributed by atoms with Gasteiger partial charge in [-0.05, 0) is 26.7 Å². The van der Waals surface area contributed by atoms with Gasteiger partial charge in [0.05, 0.1) is 12.2 Å². The first-order valence-corrected chi connectivity index (χ1v) is 5.14. The minimum Gasteiger partial charge on any atom is -0.380 e. The summed E-state index contributed by atoms with van der Waals surface area (Å²) in [7, 11) is 1.75. The molecular formula is C10H21NO2. The molecule has 0 spiro atoms. The zero-order chi connectivity index (χ0) is 9.68. The summed E-state index contributed by atoms with van der Waals surface area (Å²) in [6.07, 6.45) is 3.13. The third-order valence-corrected chi connectivity index (χ3v) is 2.59. The first kappa shape index (κ1) is 11.0. The Morgan fingerprint density at radius 2 is 2.15 bits per heavy atom. The summed E-state index contributed by atoms with van der Waals surface area (Å²) in [5, 5.41) is 3.45. The maximum atomic E-state index is 5.47. The molecule has 0 amide bonds. The monoisotopic (exact) mass is 187 g/mol. The Kier molecular flexibility index (Phi) is 4.70. The van der Waals surface area contributed by atoms with E-state index in [4.69, 9.17) is 9.47 Å². The van der Waals surface area contributed by atoms with E-state index in [9.17, 15) is 0 Å². The van der Waals surface area contributed by atoms with Crippen LogP contribution in [-0.2, 0) is 9.47 Å². The van der Waals surface area contributed by atoms with E-state index in [0.29, 0.717) is 18.2 Å². The van der Waals surface area contributed by atoms with E-state index in [1.165, 1.54) is 0 Å². The van der Waals surface area contributed by atoms with E-state index in [1.807, 2.05) is 6.92 Å². The lowest BCUT2D eigenvalue weighted by Gasteiger charge is -2.36. The third-order valence-electron chi connectivity index (χ3n) is 2.59. The standard InChI is InChI=1S/C10H21NO2/c1-4-13-10-5-9(6-10)11-7-8(2)12-3/h8-11H,4-7H2,1-3H3. The van der Waals surface area contributed by atoms with Gasteiger partial charge in [0, 0.05) is 26.3 Å². The average molecular weight is 187 g/mol. The van der Waals surface area contributed by atoms with Gasteiger partial charge in [-0.1, -0.05) is 0 Å². The Morgan fingerprint density at radius 3 is 2.69 bits per heavy atom. The van der Waals surface area contributed by atoms with Gasteiger partial charge < -0.3 is 14.8 Å². The van der Waals surface area contributed by atoms with Gasteiger partial charge in [-0.15, -0.1) is 0 Å². The molecule has 0 aliphatic heterocycles. The van der Waals surface area contributed by atoms with Gasteiger partial charge >= 0.3 is 0 Å². The number of nitrogens with one attached hydrogen (secondary N) is 1. The molecule has 1 aliphatic carbocycles. The first-order chi connectivity index (χ1) is 6.26. The lowest BCUT2D eigenvalue weighted by atomic mass is 9.89. The lowest BCUT2D eigenvalue weighted by molar-refractivity contribution is -0.0130. The fourth-order valence-electron chi connectivity index (χ4n) is 1.52. The molecular weight excluding hydrogens is 166 g/mol. The predicted molar refractivity (Wildman–Crippen MR) is 52.9 cm³/mol. The quantitative estimate of drug-likeness (QED) is 0.677.